The van der Waals surface area contributed by atoms with E-state index in [1.165, 1.54) is 11.6 Å². The van der Waals surface area contributed by atoms with Gasteiger partial charge < -0.3 is 19.7 Å². The Balaban J connectivity index is 0.00000562. The van der Waals surface area contributed by atoms with Crippen molar-refractivity contribution in [2.45, 2.75) is 113 Å². The van der Waals surface area contributed by atoms with Gasteiger partial charge in [0.2, 0.25) is 5.78 Å². The topological polar surface area (TPSA) is 110 Å². The van der Waals surface area contributed by atoms with Gasteiger partial charge in [-0.15, -0.1) is 0 Å². The second-order valence-electron chi connectivity index (χ2n) is 15.6. The summed E-state index contributed by atoms with van der Waals surface area (Å²) in [6.07, 6.45) is 16.4. The summed E-state index contributed by atoms with van der Waals surface area (Å²) in [5.41, 5.74) is 4.71. The Kier molecular flexibility index (Phi) is 11.7. The minimum atomic E-state index is -1.68. The maximum absolute atomic E-state index is 13.6. The van der Waals surface area contributed by atoms with Crippen LogP contribution in [0.2, 0.25) is 0 Å². The van der Waals surface area contributed by atoms with Crippen LogP contribution in [0.1, 0.15) is 102 Å². The SMILES string of the molecule is C.COc1cc(C)c(/C=C/C(C)=C/C=C/C(C)=C/C(=O)OCC(=O)[C@@]2(O)CC[C@H]3C4CCC5=CC(=O)CC[C@]5(C)[C@H]4[C@@H](O)C[C@@]32C)c(C)c1C. The average Bonchev–Trinajstić information content (AvgIpc) is 3.32. The van der Waals surface area contributed by atoms with Gasteiger partial charge >= 0.3 is 5.97 Å². The van der Waals surface area contributed by atoms with Crippen LogP contribution < -0.4 is 4.74 Å². The van der Waals surface area contributed by atoms with Gasteiger partial charge in [0, 0.05) is 17.9 Å². The maximum Gasteiger partial charge on any atom is 0.331 e. The molecule has 0 radical (unpaired) electrons. The third kappa shape index (κ3) is 7.01. The van der Waals surface area contributed by atoms with Gasteiger partial charge in [0.1, 0.15) is 11.4 Å². The number of fused-ring (bicyclic) bond motifs is 5. The van der Waals surface area contributed by atoms with Crippen molar-refractivity contribution in [3.8, 4) is 5.75 Å². The number of carbonyl (C=O) groups excluding carboxylic acids is 3. The molecule has 0 amide bonds. The Labute approximate surface area is 299 Å². The zero-order valence-electron chi connectivity index (χ0n) is 30.5. The van der Waals surface area contributed by atoms with Crippen molar-refractivity contribution in [3.05, 3.63) is 81.5 Å². The fraction of sp³-hybridized carbons (Fsp3) is 0.558. The number of allylic oxidation sites excluding steroid dienone is 7. The first kappa shape index (κ1) is 39.2. The van der Waals surface area contributed by atoms with Crippen molar-refractivity contribution >= 4 is 23.6 Å². The highest BCUT2D eigenvalue weighted by Gasteiger charge is 2.68. The second kappa shape index (κ2) is 15.0. The number of rotatable bonds is 9. The lowest BCUT2D eigenvalue weighted by Crippen LogP contribution is -2.62. The molecule has 2 N–H and O–H groups in total. The van der Waals surface area contributed by atoms with Gasteiger partial charge in [-0.05, 0) is 136 Å². The Morgan fingerprint density at radius 2 is 1.74 bits per heavy atom. The summed E-state index contributed by atoms with van der Waals surface area (Å²) in [5.74, 6) is 0.113. The molecule has 7 heteroatoms. The Bertz CT molecular complexity index is 1670. The van der Waals surface area contributed by atoms with Crippen molar-refractivity contribution in [2.24, 2.45) is 28.6 Å². The molecule has 4 aliphatic rings. The molecular weight excluding hydrogens is 628 g/mol. The molecule has 7 nitrogen and oxygen atoms in total. The molecule has 0 aliphatic heterocycles. The molecule has 50 heavy (non-hydrogen) atoms. The molecule has 0 heterocycles. The molecule has 272 valence electrons. The Morgan fingerprint density at radius 3 is 2.44 bits per heavy atom. The number of aryl methyl sites for hydroxylation is 1. The number of hydrogen-bond donors (Lipinski definition) is 2. The van der Waals surface area contributed by atoms with Crippen molar-refractivity contribution in [2.75, 3.05) is 13.7 Å². The normalized spacial score (nSPS) is 32.6. The number of carbonyl (C=O) groups is 3. The minimum absolute atomic E-state index is 0. The fourth-order valence-corrected chi connectivity index (χ4v) is 9.84. The first-order valence-electron chi connectivity index (χ1n) is 17.8. The number of methoxy groups -OCH3 is 1. The summed E-state index contributed by atoms with van der Waals surface area (Å²) in [7, 11) is 1.68. The second-order valence-corrected chi connectivity index (χ2v) is 15.6. The molecule has 0 bridgehead atoms. The van der Waals surface area contributed by atoms with E-state index in [0.717, 1.165) is 52.8 Å². The minimum Gasteiger partial charge on any atom is -0.496 e. The summed E-state index contributed by atoms with van der Waals surface area (Å²) in [5, 5.41) is 23.6. The molecule has 1 unspecified atom stereocenters. The van der Waals surface area contributed by atoms with E-state index < -0.39 is 35.5 Å². The smallest absolute Gasteiger partial charge is 0.331 e. The van der Waals surface area contributed by atoms with Crippen LogP contribution in [0.25, 0.3) is 6.08 Å². The van der Waals surface area contributed by atoms with Gasteiger partial charge in [0.25, 0.3) is 0 Å². The van der Waals surface area contributed by atoms with Gasteiger partial charge in [-0.2, -0.15) is 0 Å². The first-order chi connectivity index (χ1) is 23.1. The first-order valence-corrected chi connectivity index (χ1v) is 17.8. The third-order valence-corrected chi connectivity index (χ3v) is 12.8. The van der Waals surface area contributed by atoms with E-state index in [9.17, 15) is 24.6 Å². The molecule has 3 saturated carbocycles. The van der Waals surface area contributed by atoms with Crippen LogP contribution in [0, 0.1) is 49.4 Å². The van der Waals surface area contributed by atoms with E-state index in [0.29, 0.717) is 24.8 Å². The molecule has 3 fully saturated rings. The summed E-state index contributed by atoms with van der Waals surface area (Å²) in [6, 6.07) is 2.05. The molecule has 1 aromatic rings. The summed E-state index contributed by atoms with van der Waals surface area (Å²) in [6.45, 7) is 13.6. The van der Waals surface area contributed by atoms with Crippen LogP contribution in [0.4, 0.5) is 0 Å². The van der Waals surface area contributed by atoms with Crippen LogP contribution in [0.15, 0.2) is 59.2 Å². The van der Waals surface area contributed by atoms with Gasteiger partial charge in [-0.3, -0.25) is 9.59 Å². The van der Waals surface area contributed by atoms with E-state index in [1.807, 2.05) is 32.1 Å². The molecule has 0 aromatic heterocycles. The number of esters is 1. The number of Topliss-reactive ketones (excluding diaryl/α,β-unsaturated/α-hetero) is 1. The van der Waals surface area contributed by atoms with Crippen LogP contribution in [0.5, 0.6) is 5.75 Å². The lowest BCUT2D eigenvalue weighted by atomic mass is 9.45. The molecule has 1 aromatic carbocycles. The van der Waals surface area contributed by atoms with Gasteiger partial charge in [0.15, 0.2) is 12.4 Å². The number of aliphatic hydroxyl groups excluding tert-OH is 1. The standard InChI is InChI=1S/C42H54O7.CH4/c1-25(12-14-32-27(3)21-36(48-8)29(5)28(32)4)10-9-11-26(2)20-38(46)49-24-37(45)42(47)19-17-34-33-15-13-30-22-31(43)16-18-40(30,6)39(33)35(44)23-41(34,42)7;/h9-12,14,20-22,33-35,39,44,47H,13,15-19,23-24H2,1-8H3;1H4/b11-9+,14-12+,25-10+,26-20+;/t33?,34-,35-,39+,40-,41-,42-;/m0./s1. The quantitative estimate of drug-likeness (QED) is 0.154. The molecule has 0 spiro atoms. The van der Waals surface area contributed by atoms with Crippen LogP contribution in [0.3, 0.4) is 0 Å². The van der Waals surface area contributed by atoms with Gasteiger partial charge in [-0.1, -0.05) is 62.8 Å². The third-order valence-electron chi connectivity index (χ3n) is 12.8. The number of benzene rings is 1. The highest BCUT2D eigenvalue weighted by atomic mass is 16.5. The highest BCUT2D eigenvalue weighted by molar-refractivity contribution is 5.93. The van der Waals surface area contributed by atoms with Crippen molar-refractivity contribution in [1.82, 2.24) is 0 Å². The molecule has 4 aliphatic carbocycles. The monoisotopic (exact) mass is 686 g/mol. The fourth-order valence-electron chi connectivity index (χ4n) is 9.84. The molecular formula is C43H58O7. The largest absolute Gasteiger partial charge is 0.496 e. The molecule has 7 atom stereocenters. The van der Waals surface area contributed by atoms with E-state index in [2.05, 4.69) is 39.8 Å². The van der Waals surface area contributed by atoms with Crippen LogP contribution in [-0.2, 0) is 19.1 Å². The Morgan fingerprint density at radius 1 is 1.02 bits per heavy atom. The molecule has 0 saturated heterocycles. The van der Waals surface area contributed by atoms with E-state index in [4.69, 9.17) is 9.47 Å². The van der Waals surface area contributed by atoms with Crippen molar-refractivity contribution in [3.63, 3.8) is 0 Å². The predicted octanol–water partition coefficient (Wildman–Crippen LogP) is 8.06. The van der Waals surface area contributed by atoms with Gasteiger partial charge in [0.05, 0.1) is 13.2 Å². The highest BCUT2D eigenvalue weighted by Crippen LogP contribution is 2.67. The van der Waals surface area contributed by atoms with Crippen LogP contribution >= 0.6 is 0 Å². The zero-order valence-corrected chi connectivity index (χ0v) is 30.5. The molecule has 5 rings (SSSR count). The maximum atomic E-state index is 13.6. The lowest BCUT2D eigenvalue weighted by molar-refractivity contribution is -0.184. The van der Waals surface area contributed by atoms with Crippen molar-refractivity contribution in [1.29, 1.82) is 0 Å². The number of ketones is 2. The predicted molar refractivity (Wildman–Crippen MR) is 199 cm³/mol. The summed E-state index contributed by atoms with van der Waals surface area (Å²) < 4.78 is 10.9. The zero-order chi connectivity index (χ0) is 35.9. The number of hydrogen-bond acceptors (Lipinski definition) is 7. The van der Waals surface area contributed by atoms with E-state index in [-0.39, 0.29) is 42.8 Å². The lowest BCUT2D eigenvalue weighted by Gasteiger charge is -2.60. The van der Waals surface area contributed by atoms with E-state index in [1.54, 1.807) is 26.2 Å². The Hall–Kier alpha value is -3.55. The van der Waals surface area contributed by atoms with E-state index >= 15 is 0 Å². The number of aliphatic hydroxyl groups is 2. The average molecular weight is 687 g/mol. The number of ether oxygens (including phenoxy) is 2. The van der Waals surface area contributed by atoms with Crippen LogP contribution in [-0.4, -0.2) is 53.2 Å². The summed E-state index contributed by atoms with van der Waals surface area (Å²) >= 11 is 0. The summed E-state index contributed by atoms with van der Waals surface area (Å²) in [4.78, 5) is 38.5. The van der Waals surface area contributed by atoms with Gasteiger partial charge in [-0.25, -0.2) is 4.79 Å². The van der Waals surface area contributed by atoms with Crippen molar-refractivity contribution < 1.29 is 34.1 Å².